The maximum Gasteiger partial charge on any atom is 0.204 e. The number of rotatable bonds is 9. The van der Waals surface area contributed by atoms with Crippen LogP contribution in [0.3, 0.4) is 0 Å². The summed E-state index contributed by atoms with van der Waals surface area (Å²) < 4.78 is 8.07. The third-order valence-corrected chi connectivity index (χ3v) is 5.89. The van der Waals surface area contributed by atoms with E-state index in [2.05, 4.69) is 26.9 Å². The molecule has 0 bridgehead atoms. The second-order valence-electron chi connectivity index (χ2n) is 7.99. The molecule has 2 aromatic heterocycles. The number of ether oxygens (including phenoxy) is 1. The molecule has 1 saturated heterocycles. The molecule has 0 atom stereocenters. The van der Waals surface area contributed by atoms with Crippen molar-refractivity contribution in [3.05, 3.63) is 47.8 Å². The van der Waals surface area contributed by atoms with Gasteiger partial charge in [-0.15, -0.1) is 11.6 Å². The lowest BCUT2D eigenvalue weighted by Gasteiger charge is -2.32. The van der Waals surface area contributed by atoms with Crippen LogP contribution in [0.25, 0.3) is 11.0 Å². The van der Waals surface area contributed by atoms with Crippen molar-refractivity contribution >= 4 is 28.6 Å². The highest BCUT2D eigenvalue weighted by Gasteiger charge is 2.21. The van der Waals surface area contributed by atoms with Gasteiger partial charge in [0, 0.05) is 37.9 Å². The Morgan fingerprint density at radius 1 is 1.12 bits per heavy atom. The van der Waals surface area contributed by atoms with Crippen LogP contribution in [-0.2, 0) is 6.54 Å². The largest absolute Gasteiger partial charge is 0.490 e. The Balaban J connectivity index is 0.00000193. The molecule has 10 heteroatoms. The number of nitrogens with two attached hydrogens (primary N) is 1. The first kappa shape index (κ1) is 26.8. The Bertz CT molecular complexity index is 1010. The SMILES string of the molecule is Cc1ccc(OCCCl)c(Cn2c(NC3CCN(CCN)CC3)nc3ccccc32)n1.O.O. The van der Waals surface area contributed by atoms with Crippen molar-refractivity contribution in [1.29, 1.82) is 0 Å². The molecule has 7 N–H and O–H groups in total. The van der Waals surface area contributed by atoms with E-state index in [1.165, 1.54) is 0 Å². The van der Waals surface area contributed by atoms with Crippen LogP contribution in [0.4, 0.5) is 5.95 Å². The zero-order valence-electron chi connectivity index (χ0n) is 19.1. The van der Waals surface area contributed by atoms with E-state index in [1.54, 1.807) is 0 Å². The molecule has 0 amide bonds. The van der Waals surface area contributed by atoms with Gasteiger partial charge in [0.1, 0.15) is 18.1 Å². The maximum absolute atomic E-state index is 5.86. The third-order valence-electron chi connectivity index (χ3n) is 5.73. The molecule has 0 radical (unpaired) electrons. The smallest absolute Gasteiger partial charge is 0.204 e. The van der Waals surface area contributed by atoms with E-state index in [0.717, 1.165) is 66.6 Å². The van der Waals surface area contributed by atoms with Gasteiger partial charge in [-0.25, -0.2) is 4.98 Å². The molecule has 3 aromatic rings. The monoisotopic (exact) mass is 478 g/mol. The Morgan fingerprint density at radius 2 is 1.88 bits per heavy atom. The molecule has 0 saturated carbocycles. The van der Waals surface area contributed by atoms with Crippen molar-refractivity contribution in [3.63, 3.8) is 0 Å². The fourth-order valence-electron chi connectivity index (χ4n) is 4.15. The van der Waals surface area contributed by atoms with Crippen LogP contribution in [0.2, 0.25) is 0 Å². The Morgan fingerprint density at radius 3 is 2.61 bits per heavy atom. The fraction of sp³-hybridized carbons (Fsp3) is 0.478. The van der Waals surface area contributed by atoms with Gasteiger partial charge >= 0.3 is 0 Å². The number of imidazole rings is 1. The second-order valence-corrected chi connectivity index (χ2v) is 8.37. The van der Waals surface area contributed by atoms with Crippen LogP contribution in [0, 0.1) is 6.92 Å². The predicted molar refractivity (Wildman–Crippen MR) is 133 cm³/mol. The van der Waals surface area contributed by atoms with E-state index in [1.807, 2.05) is 31.2 Å². The van der Waals surface area contributed by atoms with Gasteiger partial charge < -0.3 is 36.2 Å². The minimum absolute atomic E-state index is 0. The number of nitrogens with zero attached hydrogens (tertiary/aromatic N) is 4. The Kier molecular flexibility index (Phi) is 10.3. The van der Waals surface area contributed by atoms with Crippen LogP contribution in [-0.4, -0.2) is 75.1 Å². The van der Waals surface area contributed by atoms with Crippen molar-refractivity contribution in [2.45, 2.75) is 32.4 Å². The average molecular weight is 479 g/mol. The summed E-state index contributed by atoms with van der Waals surface area (Å²) in [6.07, 6.45) is 2.16. The molecule has 1 fully saturated rings. The highest BCUT2D eigenvalue weighted by Crippen LogP contribution is 2.26. The summed E-state index contributed by atoms with van der Waals surface area (Å²) in [5.74, 6) is 2.09. The Labute approximate surface area is 199 Å². The third kappa shape index (κ3) is 6.55. The summed E-state index contributed by atoms with van der Waals surface area (Å²) in [6.45, 7) is 6.83. The summed E-state index contributed by atoms with van der Waals surface area (Å²) in [5.41, 5.74) is 9.61. The minimum Gasteiger partial charge on any atom is -0.490 e. The predicted octanol–water partition coefficient (Wildman–Crippen LogP) is 1.59. The molecule has 1 aliphatic rings. The number of alkyl halides is 1. The Hall–Kier alpha value is -2.43. The second kappa shape index (κ2) is 12.7. The number of hydrogen-bond acceptors (Lipinski definition) is 6. The van der Waals surface area contributed by atoms with E-state index in [9.17, 15) is 0 Å². The number of aryl methyl sites for hydroxylation is 1. The molecule has 9 nitrogen and oxygen atoms in total. The number of benzene rings is 1. The normalized spacial score (nSPS) is 14.5. The summed E-state index contributed by atoms with van der Waals surface area (Å²) >= 11 is 5.84. The highest BCUT2D eigenvalue weighted by molar-refractivity contribution is 6.18. The molecular weight excluding hydrogens is 444 g/mol. The molecule has 182 valence electrons. The van der Waals surface area contributed by atoms with E-state index < -0.39 is 0 Å². The van der Waals surface area contributed by atoms with E-state index >= 15 is 0 Å². The molecule has 1 aromatic carbocycles. The average Bonchev–Trinajstić information content (AvgIpc) is 3.12. The van der Waals surface area contributed by atoms with Crippen molar-refractivity contribution in [1.82, 2.24) is 19.4 Å². The summed E-state index contributed by atoms with van der Waals surface area (Å²) in [7, 11) is 0. The van der Waals surface area contributed by atoms with Gasteiger partial charge in [-0.05, 0) is 44.0 Å². The number of fused-ring (bicyclic) bond motifs is 1. The molecule has 4 rings (SSSR count). The molecule has 3 heterocycles. The summed E-state index contributed by atoms with van der Waals surface area (Å²) in [6, 6.07) is 12.6. The lowest BCUT2D eigenvalue weighted by atomic mass is 10.1. The van der Waals surface area contributed by atoms with E-state index in [-0.39, 0.29) is 11.0 Å². The lowest BCUT2D eigenvalue weighted by molar-refractivity contribution is 0.224. The topological polar surface area (TPSA) is 144 Å². The first-order valence-electron chi connectivity index (χ1n) is 11.0. The molecule has 33 heavy (non-hydrogen) atoms. The van der Waals surface area contributed by atoms with Crippen LogP contribution in [0.1, 0.15) is 24.2 Å². The lowest BCUT2D eigenvalue weighted by Crippen LogP contribution is -2.41. The number of anilines is 1. The van der Waals surface area contributed by atoms with Crippen molar-refractivity contribution < 1.29 is 15.7 Å². The van der Waals surface area contributed by atoms with E-state index in [0.29, 0.717) is 31.6 Å². The number of para-hydroxylation sites is 2. The van der Waals surface area contributed by atoms with Gasteiger partial charge in [0.05, 0.1) is 23.5 Å². The number of nitrogens with one attached hydrogen (secondary N) is 1. The zero-order valence-corrected chi connectivity index (χ0v) is 19.8. The van der Waals surface area contributed by atoms with Gasteiger partial charge in [-0.3, -0.25) is 4.98 Å². The van der Waals surface area contributed by atoms with Crippen LogP contribution >= 0.6 is 11.6 Å². The molecule has 0 unspecified atom stereocenters. The summed E-state index contributed by atoms with van der Waals surface area (Å²) in [5, 5.41) is 3.70. The first-order chi connectivity index (χ1) is 15.2. The van der Waals surface area contributed by atoms with Gasteiger partial charge in [0.15, 0.2) is 0 Å². The van der Waals surface area contributed by atoms with Crippen molar-refractivity contribution in [2.24, 2.45) is 5.73 Å². The quantitative estimate of drug-likeness (QED) is 0.447. The van der Waals surface area contributed by atoms with Crippen LogP contribution in [0.15, 0.2) is 36.4 Å². The zero-order chi connectivity index (χ0) is 21.6. The minimum atomic E-state index is 0. The molecule has 0 aliphatic carbocycles. The number of halogens is 1. The van der Waals surface area contributed by atoms with Crippen molar-refractivity contribution in [3.8, 4) is 5.75 Å². The fourth-order valence-corrected chi connectivity index (χ4v) is 4.23. The van der Waals surface area contributed by atoms with Gasteiger partial charge in [0.25, 0.3) is 0 Å². The van der Waals surface area contributed by atoms with Crippen LogP contribution in [0.5, 0.6) is 5.75 Å². The molecule has 1 aliphatic heterocycles. The number of piperidine rings is 1. The number of aromatic nitrogens is 3. The number of pyridine rings is 1. The van der Waals surface area contributed by atoms with Gasteiger partial charge in [-0.1, -0.05) is 12.1 Å². The number of likely N-dealkylation sites (tertiary alicyclic amines) is 1. The molecule has 0 spiro atoms. The first-order valence-corrected chi connectivity index (χ1v) is 11.5. The van der Waals surface area contributed by atoms with E-state index in [4.69, 9.17) is 32.0 Å². The number of hydrogen-bond donors (Lipinski definition) is 2. The molecular formula is C23H35ClN6O3. The van der Waals surface area contributed by atoms with Crippen LogP contribution < -0.4 is 15.8 Å². The van der Waals surface area contributed by atoms with Gasteiger partial charge in [0.2, 0.25) is 5.95 Å². The maximum atomic E-state index is 5.86. The standard InChI is InChI=1S/C23H31ClN6O.2H2O/c1-17-6-7-22(31-15-10-24)20(26-17)16-30-21-5-3-2-4-19(21)28-23(30)27-18-8-12-29(13-9-18)14-11-25;;/h2-7,18H,8-16,25H2,1H3,(H,27,28);2*1H2. The van der Waals surface area contributed by atoms with Crippen molar-refractivity contribution in [2.75, 3.05) is 44.0 Å². The summed E-state index contributed by atoms with van der Waals surface area (Å²) in [4.78, 5) is 12.1. The van der Waals surface area contributed by atoms with Gasteiger partial charge in [-0.2, -0.15) is 0 Å². The highest BCUT2D eigenvalue weighted by atomic mass is 35.5.